The van der Waals surface area contributed by atoms with Crippen molar-refractivity contribution in [3.8, 4) is 0 Å². The smallest absolute Gasteiger partial charge is 0.139 e. The van der Waals surface area contributed by atoms with Gasteiger partial charge in [0.25, 0.3) is 0 Å². The summed E-state index contributed by atoms with van der Waals surface area (Å²) in [5, 5.41) is 12.2. The second-order valence-corrected chi connectivity index (χ2v) is 5.02. The van der Waals surface area contributed by atoms with Crippen LogP contribution in [0.2, 0.25) is 0 Å². The summed E-state index contributed by atoms with van der Waals surface area (Å²) in [6.45, 7) is 2.23. The van der Waals surface area contributed by atoms with Crippen molar-refractivity contribution in [2.45, 2.75) is 19.4 Å². The number of benzene rings is 1. The molecule has 96 valence electrons. The third-order valence-electron chi connectivity index (χ3n) is 2.78. The van der Waals surface area contributed by atoms with Crippen LogP contribution >= 0.6 is 15.9 Å². The zero-order valence-electron chi connectivity index (χ0n) is 10.2. The van der Waals surface area contributed by atoms with E-state index in [2.05, 4.69) is 21.2 Å². The average molecular weight is 310 g/mol. The SMILES string of the molecule is CC(Nc1ccc(CCO)cc1)c1occc1Br. The predicted octanol–water partition coefficient (Wildman–Crippen LogP) is 3.75. The van der Waals surface area contributed by atoms with Gasteiger partial charge in [0.05, 0.1) is 16.8 Å². The summed E-state index contributed by atoms with van der Waals surface area (Å²) in [6.07, 6.45) is 2.36. The third kappa shape index (κ3) is 3.15. The fraction of sp³-hybridized carbons (Fsp3) is 0.286. The molecule has 2 aromatic rings. The van der Waals surface area contributed by atoms with Crippen LogP contribution in [0.4, 0.5) is 5.69 Å². The average Bonchev–Trinajstić information content (AvgIpc) is 2.78. The van der Waals surface area contributed by atoms with Crippen LogP contribution in [-0.4, -0.2) is 11.7 Å². The minimum atomic E-state index is 0.0954. The lowest BCUT2D eigenvalue weighted by atomic mass is 10.1. The van der Waals surface area contributed by atoms with Crippen LogP contribution in [-0.2, 0) is 6.42 Å². The molecule has 0 saturated heterocycles. The monoisotopic (exact) mass is 309 g/mol. The zero-order chi connectivity index (χ0) is 13.0. The highest BCUT2D eigenvalue weighted by Crippen LogP contribution is 2.27. The molecule has 1 unspecified atom stereocenters. The van der Waals surface area contributed by atoms with Gasteiger partial charge in [0.15, 0.2) is 0 Å². The summed E-state index contributed by atoms with van der Waals surface area (Å²) in [5.74, 6) is 0.884. The molecule has 0 radical (unpaired) electrons. The Kier molecular flexibility index (Phi) is 4.44. The van der Waals surface area contributed by atoms with Crippen molar-refractivity contribution in [1.29, 1.82) is 0 Å². The fourth-order valence-electron chi connectivity index (χ4n) is 1.83. The second kappa shape index (κ2) is 6.07. The summed E-state index contributed by atoms with van der Waals surface area (Å²) in [4.78, 5) is 0. The molecule has 1 atom stereocenters. The maximum atomic E-state index is 8.86. The van der Waals surface area contributed by atoms with E-state index in [-0.39, 0.29) is 12.6 Å². The van der Waals surface area contributed by atoms with Gasteiger partial charge in [0.2, 0.25) is 0 Å². The number of aliphatic hydroxyl groups excluding tert-OH is 1. The van der Waals surface area contributed by atoms with Crippen molar-refractivity contribution < 1.29 is 9.52 Å². The Morgan fingerprint density at radius 1 is 1.28 bits per heavy atom. The molecular formula is C14H16BrNO2. The first-order valence-electron chi connectivity index (χ1n) is 5.90. The molecule has 1 aromatic heterocycles. The maximum absolute atomic E-state index is 8.86. The number of halogens is 1. The Bertz CT molecular complexity index is 493. The summed E-state index contributed by atoms with van der Waals surface area (Å²) < 4.78 is 6.39. The number of furan rings is 1. The van der Waals surface area contributed by atoms with Crippen molar-refractivity contribution in [3.63, 3.8) is 0 Å². The molecule has 0 aliphatic carbocycles. The lowest BCUT2D eigenvalue weighted by Gasteiger charge is -2.14. The van der Waals surface area contributed by atoms with Gasteiger partial charge in [-0.3, -0.25) is 0 Å². The molecule has 0 aliphatic heterocycles. The largest absolute Gasteiger partial charge is 0.466 e. The van der Waals surface area contributed by atoms with Crippen molar-refractivity contribution in [3.05, 3.63) is 52.4 Å². The van der Waals surface area contributed by atoms with E-state index in [1.165, 1.54) is 0 Å². The summed E-state index contributed by atoms with van der Waals surface area (Å²) >= 11 is 3.45. The van der Waals surface area contributed by atoms with Gasteiger partial charge in [0, 0.05) is 12.3 Å². The molecule has 0 saturated carbocycles. The number of hydrogen-bond acceptors (Lipinski definition) is 3. The van der Waals surface area contributed by atoms with E-state index < -0.39 is 0 Å². The molecule has 18 heavy (non-hydrogen) atoms. The van der Waals surface area contributed by atoms with Gasteiger partial charge in [-0.25, -0.2) is 0 Å². The highest BCUT2D eigenvalue weighted by atomic mass is 79.9. The van der Waals surface area contributed by atoms with E-state index in [4.69, 9.17) is 9.52 Å². The van der Waals surface area contributed by atoms with E-state index in [0.717, 1.165) is 21.5 Å². The van der Waals surface area contributed by atoms with Gasteiger partial charge < -0.3 is 14.8 Å². The molecule has 0 amide bonds. The normalized spacial score (nSPS) is 12.4. The van der Waals surface area contributed by atoms with Crippen LogP contribution in [0.25, 0.3) is 0 Å². The number of nitrogens with one attached hydrogen (secondary N) is 1. The summed E-state index contributed by atoms with van der Waals surface area (Å²) in [7, 11) is 0. The molecule has 0 bridgehead atoms. The topological polar surface area (TPSA) is 45.4 Å². The molecule has 0 aliphatic rings. The van der Waals surface area contributed by atoms with Gasteiger partial charge in [-0.05, 0) is 53.0 Å². The molecule has 4 heteroatoms. The van der Waals surface area contributed by atoms with Gasteiger partial charge in [-0.15, -0.1) is 0 Å². The fourth-order valence-corrected chi connectivity index (χ4v) is 2.37. The number of aliphatic hydroxyl groups is 1. The number of rotatable bonds is 5. The molecule has 1 heterocycles. The Balaban J connectivity index is 2.03. The highest BCUT2D eigenvalue weighted by molar-refractivity contribution is 9.10. The van der Waals surface area contributed by atoms with E-state index in [9.17, 15) is 0 Å². The van der Waals surface area contributed by atoms with Crippen LogP contribution in [0.5, 0.6) is 0 Å². The first-order valence-corrected chi connectivity index (χ1v) is 6.69. The van der Waals surface area contributed by atoms with E-state index in [1.54, 1.807) is 6.26 Å². The van der Waals surface area contributed by atoms with Crippen LogP contribution in [0, 0.1) is 0 Å². The molecular weight excluding hydrogens is 294 g/mol. The van der Waals surface area contributed by atoms with E-state index >= 15 is 0 Å². The van der Waals surface area contributed by atoms with Crippen molar-refractivity contribution in [2.24, 2.45) is 0 Å². The Hall–Kier alpha value is -1.26. The van der Waals surface area contributed by atoms with Crippen molar-refractivity contribution in [1.82, 2.24) is 0 Å². The molecule has 0 spiro atoms. The Morgan fingerprint density at radius 2 is 2.00 bits per heavy atom. The molecule has 0 fully saturated rings. The van der Waals surface area contributed by atoms with Crippen LogP contribution < -0.4 is 5.32 Å². The lowest BCUT2D eigenvalue weighted by molar-refractivity contribution is 0.299. The van der Waals surface area contributed by atoms with Crippen LogP contribution in [0.3, 0.4) is 0 Å². The zero-order valence-corrected chi connectivity index (χ0v) is 11.8. The number of anilines is 1. The summed E-state index contributed by atoms with van der Waals surface area (Å²) in [5.41, 5.74) is 2.17. The molecule has 3 nitrogen and oxygen atoms in total. The van der Waals surface area contributed by atoms with Gasteiger partial charge in [-0.2, -0.15) is 0 Å². The van der Waals surface area contributed by atoms with E-state index in [0.29, 0.717) is 6.42 Å². The second-order valence-electron chi connectivity index (χ2n) is 4.17. The first-order chi connectivity index (χ1) is 8.70. The molecule has 2 N–H and O–H groups in total. The minimum Gasteiger partial charge on any atom is -0.466 e. The first kappa shape index (κ1) is 13.2. The van der Waals surface area contributed by atoms with Gasteiger partial charge in [-0.1, -0.05) is 12.1 Å². The highest BCUT2D eigenvalue weighted by Gasteiger charge is 2.12. The van der Waals surface area contributed by atoms with Crippen molar-refractivity contribution in [2.75, 3.05) is 11.9 Å². The van der Waals surface area contributed by atoms with Crippen LogP contribution in [0.1, 0.15) is 24.3 Å². The minimum absolute atomic E-state index is 0.0954. The number of hydrogen-bond donors (Lipinski definition) is 2. The van der Waals surface area contributed by atoms with Crippen molar-refractivity contribution >= 4 is 21.6 Å². The lowest BCUT2D eigenvalue weighted by Crippen LogP contribution is -2.06. The molecule has 2 rings (SSSR count). The maximum Gasteiger partial charge on any atom is 0.139 e. The third-order valence-corrected chi connectivity index (χ3v) is 3.43. The quantitative estimate of drug-likeness (QED) is 0.884. The molecule has 1 aromatic carbocycles. The Morgan fingerprint density at radius 3 is 2.56 bits per heavy atom. The van der Waals surface area contributed by atoms with Gasteiger partial charge >= 0.3 is 0 Å². The van der Waals surface area contributed by atoms with Gasteiger partial charge in [0.1, 0.15) is 5.76 Å². The van der Waals surface area contributed by atoms with E-state index in [1.807, 2.05) is 37.3 Å². The van der Waals surface area contributed by atoms with Crippen LogP contribution in [0.15, 0.2) is 45.5 Å². The standard InChI is InChI=1S/C14H16BrNO2/c1-10(14-13(15)7-9-18-14)16-12-4-2-11(3-5-12)6-8-17/h2-5,7,9-10,16-17H,6,8H2,1H3. The Labute approximate surface area is 115 Å². The summed E-state index contributed by atoms with van der Waals surface area (Å²) in [6, 6.07) is 10.0. The predicted molar refractivity (Wildman–Crippen MR) is 75.7 cm³/mol.